The highest BCUT2D eigenvalue weighted by atomic mass is 16.2. The van der Waals surface area contributed by atoms with E-state index < -0.39 is 0 Å². The highest BCUT2D eigenvalue weighted by Gasteiger charge is 2.28. The van der Waals surface area contributed by atoms with Gasteiger partial charge in [0.25, 0.3) is 0 Å². The van der Waals surface area contributed by atoms with Crippen molar-refractivity contribution in [2.75, 3.05) is 13.1 Å². The molecule has 6 nitrogen and oxygen atoms in total. The summed E-state index contributed by atoms with van der Waals surface area (Å²) in [6.45, 7) is 6.06. The molecule has 0 spiro atoms. The van der Waals surface area contributed by atoms with Gasteiger partial charge in [-0.1, -0.05) is 5.21 Å². The van der Waals surface area contributed by atoms with E-state index in [1.165, 1.54) is 12.8 Å². The normalized spacial score (nSPS) is 27.6. The van der Waals surface area contributed by atoms with Crippen molar-refractivity contribution in [2.24, 2.45) is 0 Å². The van der Waals surface area contributed by atoms with E-state index in [0.717, 1.165) is 18.8 Å². The minimum Gasteiger partial charge on any atom is -0.338 e. The van der Waals surface area contributed by atoms with Crippen LogP contribution in [0.25, 0.3) is 0 Å². The first-order valence-corrected chi connectivity index (χ1v) is 7.05. The van der Waals surface area contributed by atoms with Crippen LogP contribution in [0.5, 0.6) is 0 Å². The van der Waals surface area contributed by atoms with Gasteiger partial charge in [-0.15, -0.1) is 5.10 Å². The van der Waals surface area contributed by atoms with Crippen LogP contribution < -0.4 is 5.32 Å². The van der Waals surface area contributed by atoms with Gasteiger partial charge in [0.2, 0.25) is 5.91 Å². The average Bonchev–Trinajstić information content (AvgIpc) is 3.09. The van der Waals surface area contributed by atoms with Crippen molar-refractivity contribution in [3.8, 4) is 0 Å². The summed E-state index contributed by atoms with van der Waals surface area (Å²) in [6.07, 6.45) is 4.34. The second-order valence-corrected chi connectivity index (χ2v) is 5.88. The van der Waals surface area contributed by atoms with Crippen LogP contribution in [0.2, 0.25) is 0 Å². The summed E-state index contributed by atoms with van der Waals surface area (Å²) in [4.78, 5) is 14.2. The molecule has 1 aromatic rings. The van der Waals surface area contributed by atoms with Gasteiger partial charge < -0.3 is 10.2 Å². The third-order valence-electron chi connectivity index (χ3n) is 3.76. The fraction of sp³-hybridized carbons (Fsp3) is 0.769. The lowest BCUT2D eigenvalue weighted by molar-refractivity contribution is -0.133. The van der Waals surface area contributed by atoms with E-state index in [1.807, 2.05) is 11.1 Å². The van der Waals surface area contributed by atoms with Crippen LogP contribution in [0.4, 0.5) is 0 Å². The quantitative estimate of drug-likeness (QED) is 0.855. The molecule has 0 radical (unpaired) electrons. The van der Waals surface area contributed by atoms with Gasteiger partial charge in [0, 0.05) is 37.3 Å². The van der Waals surface area contributed by atoms with E-state index in [0.29, 0.717) is 24.5 Å². The van der Waals surface area contributed by atoms with E-state index in [-0.39, 0.29) is 5.91 Å². The van der Waals surface area contributed by atoms with Crippen molar-refractivity contribution >= 4 is 5.91 Å². The molecule has 1 N–H and O–H groups in total. The SMILES string of the molecule is C[C@@H]1CN(C(=O)Cn2cc(C3CC3)nn2)C[C@H](C)N1. The van der Waals surface area contributed by atoms with Crippen LogP contribution in [0.15, 0.2) is 6.20 Å². The first-order chi connectivity index (χ1) is 9.11. The Kier molecular flexibility index (Phi) is 3.26. The summed E-state index contributed by atoms with van der Waals surface area (Å²) >= 11 is 0. The van der Waals surface area contributed by atoms with Gasteiger partial charge in [0.1, 0.15) is 6.54 Å². The molecule has 0 aromatic carbocycles. The van der Waals surface area contributed by atoms with Crippen molar-refractivity contribution in [2.45, 2.75) is 51.2 Å². The zero-order chi connectivity index (χ0) is 13.4. The molecule has 2 heterocycles. The number of amides is 1. The first-order valence-electron chi connectivity index (χ1n) is 7.05. The molecule has 1 saturated heterocycles. The molecule has 3 rings (SSSR count). The van der Waals surface area contributed by atoms with E-state index >= 15 is 0 Å². The Morgan fingerprint density at radius 1 is 1.37 bits per heavy atom. The van der Waals surface area contributed by atoms with Crippen molar-refractivity contribution in [1.82, 2.24) is 25.2 Å². The molecular weight excluding hydrogens is 242 g/mol. The topological polar surface area (TPSA) is 63.1 Å². The number of aromatic nitrogens is 3. The Morgan fingerprint density at radius 2 is 2.05 bits per heavy atom. The van der Waals surface area contributed by atoms with Crippen molar-refractivity contribution < 1.29 is 4.79 Å². The number of nitrogens with one attached hydrogen (secondary N) is 1. The van der Waals surface area contributed by atoms with Crippen molar-refractivity contribution in [3.63, 3.8) is 0 Å². The third kappa shape index (κ3) is 2.94. The summed E-state index contributed by atoms with van der Waals surface area (Å²) in [7, 11) is 0. The zero-order valence-electron chi connectivity index (χ0n) is 11.5. The summed E-state index contributed by atoms with van der Waals surface area (Å²) in [5.41, 5.74) is 1.04. The molecule has 1 aliphatic heterocycles. The van der Waals surface area contributed by atoms with Gasteiger partial charge in [0.15, 0.2) is 0 Å². The van der Waals surface area contributed by atoms with Gasteiger partial charge in [-0.2, -0.15) is 0 Å². The number of hydrogen-bond donors (Lipinski definition) is 1. The molecule has 1 aromatic heterocycles. The zero-order valence-corrected chi connectivity index (χ0v) is 11.5. The van der Waals surface area contributed by atoms with Crippen LogP contribution in [0, 0.1) is 0 Å². The van der Waals surface area contributed by atoms with Crippen LogP contribution >= 0.6 is 0 Å². The maximum Gasteiger partial charge on any atom is 0.244 e. The molecule has 1 aliphatic carbocycles. The van der Waals surface area contributed by atoms with Gasteiger partial charge >= 0.3 is 0 Å². The summed E-state index contributed by atoms with van der Waals surface area (Å²) < 4.78 is 1.67. The van der Waals surface area contributed by atoms with Crippen molar-refractivity contribution in [3.05, 3.63) is 11.9 Å². The second kappa shape index (κ2) is 4.92. The lowest BCUT2D eigenvalue weighted by atomic mass is 10.1. The maximum absolute atomic E-state index is 12.3. The predicted molar refractivity (Wildman–Crippen MR) is 70.6 cm³/mol. The van der Waals surface area contributed by atoms with Crippen LogP contribution in [-0.4, -0.2) is 51.0 Å². The summed E-state index contributed by atoms with van der Waals surface area (Å²) in [5, 5.41) is 11.6. The summed E-state index contributed by atoms with van der Waals surface area (Å²) in [6, 6.07) is 0.705. The Hall–Kier alpha value is -1.43. The molecule has 2 aliphatic rings. The maximum atomic E-state index is 12.3. The largest absolute Gasteiger partial charge is 0.338 e. The Bertz CT molecular complexity index is 457. The van der Waals surface area contributed by atoms with Gasteiger partial charge in [-0.05, 0) is 26.7 Å². The smallest absolute Gasteiger partial charge is 0.244 e. The first kappa shape index (κ1) is 12.6. The molecule has 0 unspecified atom stereocenters. The standard InChI is InChI=1S/C13H21N5O/c1-9-5-17(6-10(2)14-9)13(19)8-18-7-12(15-16-18)11-3-4-11/h7,9-11,14H,3-6,8H2,1-2H3/t9-,10+. The molecular formula is C13H21N5O. The number of carbonyl (C=O) groups is 1. The molecule has 19 heavy (non-hydrogen) atoms. The molecule has 6 heteroatoms. The Balaban J connectivity index is 1.60. The van der Waals surface area contributed by atoms with Crippen LogP contribution in [0.1, 0.15) is 38.3 Å². The van der Waals surface area contributed by atoms with E-state index in [9.17, 15) is 4.79 Å². The minimum absolute atomic E-state index is 0.132. The van der Waals surface area contributed by atoms with Gasteiger partial charge in [-0.3, -0.25) is 4.79 Å². The Morgan fingerprint density at radius 3 is 2.68 bits per heavy atom. The monoisotopic (exact) mass is 263 g/mol. The number of hydrogen-bond acceptors (Lipinski definition) is 4. The predicted octanol–water partition coefficient (Wildman–Crippen LogP) is 0.364. The number of piperazine rings is 1. The minimum atomic E-state index is 0.132. The number of rotatable bonds is 3. The van der Waals surface area contributed by atoms with E-state index in [2.05, 4.69) is 29.5 Å². The third-order valence-corrected chi connectivity index (χ3v) is 3.76. The lowest BCUT2D eigenvalue weighted by Crippen LogP contribution is -2.56. The number of carbonyl (C=O) groups excluding carboxylic acids is 1. The summed E-state index contributed by atoms with van der Waals surface area (Å²) in [5.74, 6) is 0.718. The molecule has 2 fully saturated rings. The fourth-order valence-corrected chi connectivity index (χ4v) is 2.73. The van der Waals surface area contributed by atoms with Crippen LogP contribution in [0.3, 0.4) is 0 Å². The van der Waals surface area contributed by atoms with Gasteiger partial charge in [-0.25, -0.2) is 4.68 Å². The van der Waals surface area contributed by atoms with E-state index in [4.69, 9.17) is 0 Å². The Labute approximate surface area is 113 Å². The highest BCUT2D eigenvalue weighted by Crippen LogP contribution is 2.38. The van der Waals surface area contributed by atoms with Crippen LogP contribution in [-0.2, 0) is 11.3 Å². The van der Waals surface area contributed by atoms with E-state index in [1.54, 1.807) is 4.68 Å². The molecule has 0 bridgehead atoms. The van der Waals surface area contributed by atoms with Crippen molar-refractivity contribution in [1.29, 1.82) is 0 Å². The molecule has 1 amide bonds. The lowest BCUT2D eigenvalue weighted by Gasteiger charge is -2.36. The average molecular weight is 263 g/mol. The van der Waals surface area contributed by atoms with Gasteiger partial charge in [0.05, 0.1) is 5.69 Å². The molecule has 1 saturated carbocycles. The fourth-order valence-electron chi connectivity index (χ4n) is 2.73. The molecule has 2 atom stereocenters. The number of nitrogens with zero attached hydrogens (tertiary/aromatic N) is 4. The highest BCUT2D eigenvalue weighted by molar-refractivity contribution is 5.76. The molecule has 104 valence electrons. The second-order valence-electron chi connectivity index (χ2n) is 5.88.